The van der Waals surface area contributed by atoms with Crippen LogP contribution in [0.3, 0.4) is 0 Å². The van der Waals surface area contributed by atoms with Gasteiger partial charge in [0.05, 0.1) is 17.3 Å². The third-order valence-corrected chi connectivity index (χ3v) is 3.24. The first-order chi connectivity index (χ1) is 9.28. The van der Waals surface area contributed by atoms with Gasteiger partial charge in [-0.1, -0.05) is 0 Å². The number of carboxylic acid groups (broad SMARTS) is 1. The molecule has 20 heavy (non-hydrogen) atoms. The van der Waals surface area contributed by atoms with Gasteiger partial charge in [-0.3, -0.25) is 4.79 Å². The predicted octanol–water partition coefficient (Wildman–Crippen LogP) is 2.02. The number of morpholine rings is 1. The van der Waals surface area contributed by atoms with Crippen molar-refractivity contribution in [2.75, 3.05) is 13.1 Å². The van der Waals surface area contributed by atoms with Crippen molar-refractivity contribution in [3.05, 3.63) is 35.4 Å². The Morgan fingerprint density at radius 2 is 1.80 bits per heavy atom. The van der Waals surface area contributed by atoms with E-state index in [9.17, 15) is 9.59 Å². The average Bonchev–Trinajstić information content (AvgIpc) is 2.35. The maximum absolute atomic E-state index is 12.4. The normalized spacial score (nSPS) is 21.6. The maximum atomic E-state index is 12.4. The summed E-state index contributed by atoms with van der Waals surface area (Å²) >= 11 is 0. The van der Waals surface area contributed by atoms with Gasteiger partial charge in [-0.2, -0.15) is 0 Å². The van der Waals surface area contributed by atoms with E-state index in [0.717, 1.165) is 0 Å². The van der Waals surface area contributed by atoms with Gasteiger partial charge in [0.1, 0.15) is 0 Å². The van der Waals surface area contributed by atoms with E-state index in [-0.39, 0.29) is 23.2 Å². The summed E-state index contributed by atoms with van der Waals surface area (Å²) in [4.78, 5) is 25.0. The Balaban J connectivity index is 2.16. The van der Waals surface area contributed by atoms with Crippen molar-refractivity contribution in [1.29, 1.82) is 0 Å². The van der Waals surface area contributed by atoms with Crippen LogP contribution in [0, 0.1) is 0 Å². The molecule has 1 N–H and O–H groups in total. The first kappa shape index (κ1) is 14.5. The fraction of sp³-hybridized carbons (Fsp3) is 0.467. The van der Waals surface area contributed by atoms with Crippen LogP contribution in [0.2, 0.25) is 0 Å². The topological polar surface area (TPSA) is 66.8 Å². The molecule has 1 fully saturated rings. The summed E-state index contributed by atoms with van der Waals surface area (Å²) in [6, 6.07) is 6.01. The van der Waals surface area contributed by atoms with Gasteiger partial charge in [-0.25, -0.2) is 4.79 Å². The zero-order valence-electron chi connectivity index (χ0n) is 11.9. The van der Waals surface area contributed by atoms with Crippen molar-refractivity contribution in [2.24, 2.45) is 0 Å². The lowest BCUT2D eigenvalue weighted by Gasteiger charge is -2.41. The number of benzene rings is 1. The molecule has 0 unspecified atom stereocenters. The second-order valence-corrected chi connectivity index (χ2v) is 5.76. The fourth-order valence-corrected chi connectivity index (χ4v) is 2.55. The fourth-order valence-electron chi connectivity index (χ4n) is 2.55. The Morgan fingerprint density at radius 1 is 1.25 bits per heavy atom. The maximum Gasteiger partial charge on any atom is 0.335 e. The number of carbonyl (C=O) groups is 2. The zero-order chi connectivity index (χ0) is 14.9. The molecule has 108 valence electrons. The van der Waals surface area contributed by atoms with E-state index in [1.807, 2.05) is 20.8 Å². The molecule has 0 aromatic heterocycles. The largest absolute Gasteiger partial charge is 0.478 e. The number of hydrogen-bond donors (Lipinski definition) is 1. The molecule has 5 heteroatoms. The molecule has 2 rings (SSSR count). The molecule has 0 spiro atoms. The van der Waals surface area contributed by atoms with E-state index >= 15 is 0 Å². The SMILES string of the molecule is C[C@@H]1CN(C(=O)c2ccc(C(=O)O)cc2)CC(C)(C)O1. The standard InChI is InChI=1S/C15H19NO4/c1-10-8-16(9-15(2,3)20-10)13(17)11-4-6-12(7-5-11)14(18)19/h4-7,10H,8-9H2,1-3H3,(H,18,19)/t10-/m1/s1. The highest BCUT2D eigenvalue weighted by Gasteiger charge is 2.33. The number of rotatable bonds is 2. The molecule has 1 aromatic rings. The molecule has 1 atom stereocenters. The Labute approximate surface area is 118 Å². The molecule has 1 heterocycles. The monoisotopic (exact) mass is 277 g/mol. The van der Waals surface area contributed by atoms with Gasteiger partial charge in [0.25, 0.3) is 5.91 Å². The molecule has 1 saturated heterocycles. The number of carboxylic acids is 1. The van der Waals surface area contributed by atoms with Crippen LogP contribution in [-0.4, -0.2) is 46.7 Å². The molecule has 1 amide bonds. The number of aromatic carboxylic acids is 1. The van der Waals surface area contributed by atoms with Crippen LogP contribution in [0.25, 0.3) is 0 Å². The number of ether oxygens (including phenoxy) is 1. The lowest BCUT2D eigenvalue weighted by molar-refractivity contribution is -0.118. The van der Waals surface area contributed by atoms with Gasteiger partial charge in [-0.05, 0) is 45.0 Å². The molecule has 0 saturated carbocycles. The van der Waals surface area contributed by atoms with Gasteiger partial charge >= 0.3 is 5.97 Å². The minimum atomic E-state index is -0.995. The van der Waals surface area contributed by atoms with Crippen molar-refractivity contribution < 1.29 is 19.4 Å². The van der Waals surface area contributed by atoms with Gasteiger partial charge in [0, 0.05) is 18.7 Å². The molecule has 1 aliphatic heterocycles. The van der Waals surface area contributed by atoms with E-state index in [1.165, 1.54) is 12.1 Å². The Bertz CT molecular complexity index is 521. The molecular weight excluding hydrogens is 258 g/mol. The van der Waals surface area contributed by atoms with Crippen LogP contribution in [-0.2, 0) is 4.74 Å². The second kappa shape index (κ2) is 5.25. The summed E-state index contributed by atoms with van der Waals surface area (Å²) in [7, 11) is 0. The van der Waals surface area contributed by atoms with E-state index in [4.69, 9.17) is 9.84 Å². The van der Waals surface area contributed by atoms with Crippen LogP contribution in [0.1, 0.15) is 41.5 Å². The van der Waals surface area contributed by atoms with Crippen LogP contribution < -0.4 is 0 Å². The third kappa shape index (κ3) is 3.17. The number of amides is 1. The average molecular weight is 277 g/mol. The van der Waals surface area contributed by atoms with Crippen molar-refractivity contribution in [3.8, 4) is 0 Å². The molecular formula is C15H19NO4. The van der Waals surface area contributed by atoms with E-state index < -0.39 is 5.97 Å². The first-order valence-electron chi connectivity index (χ1n) is 6.59. The predicted molar refractivity (Wildman–Crippen MR) is 73.9 cm³/mol. The van der Waals surface area contributed by atoms with E-state index in [2.05, 4.69) is 0 Å². The highest BCUT2D eigenvalue weighted by Crippen LogP contribution is 2.22. The quantitative estimate of drug-likeness (QED) is 0.898. The molecule has 0 aliphatic carbocycles. The van der Waals surface area contributed by atoms with Crippen LogP contribution in [0.4, 0.5) is 0 Å². The summed E-state index contributed by atoms with van der Waals surface area (Å²) in [5.74, 6) is -1.09. The molecule has 0 radical (unpaired) electrons. The molecule has 1 aromatic carbocycles. The smallest absolute Gasteiger partial charge is 0.335 e. The lowest BCUT2D eigenvalue weighted by Crippen LogP contribution is -2.53. The summed E-state index contributed by atoms with van der Waals surface area (Å²) in [5, 5.41) is 8.85. The van der Waals surface area contributed by atoms with Crippen molar-refractivity contribution in [3.63, 3.8) is 0 Å². The van der Waals surface area contributed by atoms with Gasteiger partial charge in [0.2, 0.25) is 0 Å². The van der Waals surface area contributed by atoms with Crippen LogP contribution in [0.5, 0.6) is 0 Å². The van der Waals surface area contributed by atoms with Gasteiger partial charge in [0.15, 0.2) is 0 Å². The Kier molecular flexibility index (Phi) is 3.81. The Hall–Kier alpha value is -1.88. The summed E-state index contributed by atoms with van der Waals surface area (Å²) in [6.07, 6.45) is -0.0130. The van der Waals surface area contributed by atoms with Crippen LogP contribution >= 0.6 is 0 Å². The lowest BCUT2D eigenvalue weighted by atomic mass is 10.0. The zero-order valence-corrected chi connectivity index (χ0v) is 11.9. The van der Waals surface area contributed by atoms with Crippen LogP contribution in [0.15, 0.2) is 24.3 Å². The van der Waals surface area contributed by atoms with Gasteiger partial charge in [-0.15, -0.1) is 0 Å². The molecule has 5 nitrogen and oxygen atoms in total. The minimum Gasteiger partial charge on any atom is -0.478 e. The van der Waals surface area contributed by atoms with Crippen molar-refractivity contribution >= 4 is 11.9 Å². The highest BCUT2D eigenvalue weighted by atomic mass is 16.5. The van der Waals surface area contributed by atoms with Gasteiger partial charge < -0.3 is 14.7 Å². The number of carbonyl (C=O) groups excluding carboxylic acids is 1. The molecule has 1 aliphatic rings. The molecule has 0 bridgehead atoms. The second-order valence-electron chi connectivity index (χ2n) is 5.76. The Morgan fingerprint density at radius 3 is 2.30 bits per heavy atom. The van der Waals surface area contributed by atoms with E-state index in [1.54, 1.807) is 17.0 Å². The summed E-state index contributed by atoms with van der Waals surface area (Å²) in [6.45, 7) is 6.92. The first-order valence-corrected chi connectivity index (χ1v) is 6.59. The van der Waals surface area contributed by atoms with Crippen molar-refractivity contribution in [2.45, 2.75) is 32.5 Å². The number of hydrogen-bond acceptors (Lipinski definition) is 3. The highest BCUT2D eigenvalue weighted by molar-refractivity contribution is 5.96. The summed E-state index contributed by atoms with van der Waals surface area (Å²) in [5.41, 5.74) is 0.311. The number of nitrogens with zero attached hydrogens (tertiary/aromatic N) is 1. The third-order valence-electron chi connectivity index (χ3n) is 3.24. The minimum absolute atomic E-state index is 0.0130. The summed E-state index contributed by atoms with van der Waals surface area (Å²) < 4.78 is 5.77. The van der Waals surface area contributed by atoms with E-state index in [0.29, 0.717) is 18.7 Å². The van der Waals surface area contributed by atoms with Crippen molar-refractivity contribution in [1.82, 2.24) is 4.90 Å².